The fourth-order valence-electron chi connectivity index (χ4n) is 13.2. The summed E-state index contributed by atoms with van der Waals surface area (Å²) in [5.74, 6) is 1.13. The molecule has 7 rings (SSSR count). The zero-order valence-corrected chi connectivity index (χ0v) is 28.3. The predicted octanol–water partition coefficient (Wildman–Crippen LogP) is 8.69. The van der Waals surface area contributed by atoms with E-state index in [1.165, 1.54) is 47.0 Å². The molecule has 4 fully saturated rings. The summed E-state index contributed by atoms with van der Waals surface area (Å²) in [5, 5.41) is 14.3. The minimum Gasteiger partial charge on any atom is -0.480 e. The Morgan fingerprint density at radius 2 is 1.75 bits per heavy atom. The number of allylic oxidation sites excluding steroid dienone is 1. The summed E-state index contributed by atoms with van der Waals surface area (Å²) in [5.41, 5.74) is 5.24. The first-order valence-electron chi connectivity index (χ1n) is 17.1. The number of carboxylic acids is 1. The van der Waals surface area contributed by atoms with Crippen molar-refractivity contribution in [2.45, 2.75) is 105 Å². The van der Waals surface area contributed by atoms with Crippen LogP contribution in [0.1, 0.15) is 104 Å². The molecule has 1 heterocycles. The van der Waals surface area contributed by atoms with Gasteiger partial charge in [0.2, 0.25) is 5.91 Å². The maximum absolute atomic E-state index is 13.9. The van der Waals surface area contributed by atoms with E-state index >= 15 is 0 Å². The summed E-state index contributed by atoms with van der Waals surface area (Å²) in [6.07, 6.45) is 9.53. The third kappa shape index (κ3) is 3.77. The van der Waals surface area contributed by atoms with Crippen LogP contribution in [-0.2, 0) is 21.4 Å². The molecule has 5 aliphatic rings. The van der Waals surface area contributed by atoms with Crippen LogP contribution in [0.5, 0.6) is 0 Å². The minimum atomic E-state index is -0.976. The number of amides is 1. The second kappa shape index (κ2) is 9.62. The highest BCUT2D eigenvalue weighted by atomic mass is 35.5. The molecule has 0 bridgehead atoms. The molecule has 5 unspecified atom stereocenters. The molecule has 44 heavy (non-hydrogen) atoms. The number of benzene rings is 1. The molecule has 6 heteroatoms. The number of halogens is 1. The van der Waals surface area contributed by atoms with Gasteiger partial charge in [-0.05, 0) is 134 Å². The van der Waals surface area contributed by atoms with E-state index in [4.69, 9.17) is 11.6 Å². The highest BCUT2D eigenvalue weighted by molar-refractivity contribution is 6.31. The Morgan fingerprint density at radius 1 is 1.00 bits per heavy atom. The van der Waals surface area contributed by atoms with Crippen LogP contribution in [0.3, 0.4) is 0 Å². The standard InChI is InChI=1S/C38H51ClN2O3/c1-21(2)23-12-15-38(33(44)40-20-30(42)43)17-16-36(6)26(31(23)38)9-11-29-35(5)19-25-24-18-22(39)8-10-27(24)41-32(25)34(3,4)28(35)13-14-37(29,36)7/h8,10,18,23,26,28-29,31,41H,1,9,11-17,19-20H2,2-7H3,(H,40,44)(H,42,43)/t23?,26?,28?,29?,31?,35-,36+,37+,38-/m0/s1. The first-order chi connectivity index (χ1) is 20.6. The number of carboxylic acid groups (broad SMARTS) is 1. The molecule has 3 N–H and O–H groups in total. The van der Waals surface area contributed by atoms with Gasteiger partial charge >= 0.3 is 5.97 Å². The normalized spacial score (nSPS) is 41.9. The summed E-state index contributed by atoms with van der Waals surface area (Å²) >= 11 is 6.56. The summed E-state index contributed by atoms with van der Waals surface area (Å²) in [6, 6.07) is 6.31. The monoisotopic (exact) mass is 618 g/mol. The second-order valence-electron chi connectivity index (χ2n) is 17.0. The number of rotatable bonds is 4. The maximum atomic E-state index is 13.9. The van der Waals surface area contributed by atoms with E-state index in [-0.39, 0.29) is 40.0 Å². The lowest BCUT2D eigenvalue weighted by molar-refractivity contribution is -0.224. The van der Waals surface area contributed by atoms with Gasteiger partial charge in [0, 0.05) is 27.0 Å². The number of nitrogens with one attached hydrogen (secondary N) is 2. The van der Waals surface area contributed by atoms with Crippen molar-refractivity contribution >= 4 is 34.4 Å². The van der Waals surface area contributed by atoms with Crippen molar-refractivity contribution in [2.75, 3.05) is 6.54 Å². The van der Waals surface area contributed by atoms with Crippen LogP contribution in [0.15, 0.2) is 30.4 Å². The van der Waals surface area contributed by atoms with Crippen molar-refractivity contribution in [1.82, 2.24) is 10.3 Å². The van der Waals surface area contributed by atoms with E-state index in [1.807, 2.05) is 6.07 Å². The topological polar surface area (TPSA) is 82.2 Å². The number of aliphatic carboxylic acids is 1. The lowest BCUT2D eigenvalue weighted by Gasteiger charge is -2.72. The molecule has 4 saturated carbocycles. The van der Waals surface area contributed by atoms with Crippen molar-refractivity contribution in [3.63, 3.8) is 0 Å². The van der Waals surface area contributed by atoms with Crippen molar-refractivity contribution in [1.29, 1.82) is 0 Å². The molecule has 238 valence electrons. The molecule has 0 spiro atoms. The van der Waals surface area contributed by atoms with Crippen molar-refractivity contribution in [3.05, 3.63) is 46.6 Å². The van der Waals surface area contributed by atoms with Gasteiger partial charge in [-0.25, -0.2) is 0 Å². The SMILES string of the molecule is C=C(C)C1CC[C@]2(C(=O)NCC(=O)O)CC[C@]3(C)C(CCC4[C@@]5(C)Cc6c([nH]c7ccc(Cl)cc67)C(C)(C)C5CC[C@]43C)C12. The third-order valence-corrected chi connectivity index (χ3v) is 15.4. The molecule has 1 aromatic carbocycles. The van der Waals surface area contributed by atoms with Crippen LogP contribution >= 0.6 is 11.6 Å². The predicted molar refractivity (Wildman–Crippen MR) is 177 cm³/mol. The number of hydrogen-bond donors (Lipinski definition) is 3. The van der Waals surface area contributed by atoms with Gasteiger partial charge in [-0.3, -0.25) is 9.59 Å². The molecular weight excluding hydrogens is 568 g/mol. The largest absolute Gasteiger partial charge is 0.480 e. The molecule has 0 aliphatic heterocycles. The molecule has 2 aromatic rings. The van der Waals surface area contributed by atoms with E-state index < -0.39 is 11.4 Å². The molecule has 5 aliphatic carbocycles. The van der Waals surface area contributed by atoms with Gasteiger partial charge in [-0.1, -0.05) is 58.4 Å². The minimum absolute atomic E-state index is 0.0294. The molecule has 5 nitrogen and oxygen atoms in total. The number of hydrogen-bond acceptors (Lipinski definition) is 2. The lowest BCUT2D eigenvalue weighted by atomic mass is 9.32. The Kier molecular flexibility index (Phi) is 6.65. The molecule has 1 aromatic heterocycles. The molecule has 9 atom stereocenters. The molecule has 1 amide bonds. The summed E-state index contributed by atoms with van der Waals surface area (Å²) in [4.78, 5) is 29.2. The van der Waals surface area contributed by atoms with Crippen LogP contribution in [0.25, 0.3) is 10.9 Å². The highest BCUT2D eigenvalue weighted by Gasteiger charge is 2.71. The first-order valence-corrected chi connectivity index (χ1v) is 17.4. The first kappa shape index (κ1) is 30.4. The van der Waals surface area contributed by atoms with Gasteiger partial charge < -0.3 is 15.4 Å². The third-order valence-electron chi connectivity index (χ3n) is 15.1. The average molecular weight is 619 g/mol. The fourth-order valence-corrected chi connectivity index (χ4v) is 13.3. The Morgan fingerprint density at radius 3 is 2.45 bits per heavy atom. The van der Waals surface area contributed by atoms with Crippen LogP contribution in [0.2, 0.25) is 5.02 Å². The zero-order valence-electron chi connectivity index (χ0n) is 27.5. The van der Waals surface area contributed by atoms with E-state index in [9.17, 15) is 14.7 Å². The average Bonchev–Trinajstić information content (AvgIpc) is 3.52. The van der Waals surface area contributed by atoms with Gasteiger partial charge in [-0.2, -0.15) is 0 Å². The number of aromatic nitrogens is 1. The Hall–Kier alpha value is -2.27. The maximum Gasteiger partial charge on any atom is 0.322 e. The van der Waals surface area contributed by atoms with E-state index in [0.717, 1.165) is 43.5 Å². The number of carbonyl (C=O) groups is 2. The lowest BCUT2D eigenvalue weighted by Crippen LogP contribution is -2.67. The van der Waals surface area contributed by atoms with Gasteiger partial charge in [0.05, 0.1) is 5.41 Å². The Balaban J connectivity index is 1.30. The summed E-state index contributed by atoms with van der Waals surface area (Å²) in [6.45, 7) is 19.1. The van der Waals surface area contributed by atoms with Crippen molar-refractivity contribution in [3.8, 4) is 0 Å². The van der Waals surface area contributed by atoms with Crippen LogP contribution < -0.4 is 5.32 Å². The van der Waals surface area contributed by atoms with Crippen molar-refractivity contribution in [2.24, 2.45) is 51.2 Å². The second-order valence-corrected chi connectivity index (χ2v) is 17.4. The quantitative estimate of drug-likeness (QED) is 0.300. The Bertz CT molecular complexity index is 1570. The number of H-pyrrole nitrogens is 1. The van der Waals surface area contributed by atoms with Crippen LogP contribution in [0.4, 0.5) is 0 Å². The summed E-state index contributed by atoms with van der Waals surface area (Å²) < 4.78 is 0. The fraction of sp³-hybridized carbons (Fsp3) is 0.684. The number of fused-ring (bicyclic) bond motifs is 10. The molecular formula is C38H51ClN2O3. The van der Waals surface area contributed by atoms with Crippen LogP contribution in [-0.4, -0.2) is 28.5 Å². The zero-order chi connectivity index (χ0) is 31.6. The van der Waals surface area contributed by atoms with Gasteiger partial charge in [-0.15, -0.1) is 0 Å². The van der Waals surface area contributed by atoms with Gasteiger partial charge in [0.1, 0.15) is 6.54 Å². The summed E-state index contributed by atoms with van der Waals surface area (Å²) in [7, 11) is 0. The van der Waals surface area contributed by atoms with Gasteiger partial charge in [0.15, 0.2) is 0 Å². The Labute approximate surface area is 268 Å². The van der Waals surface area contributed by atoms with E-state index in [1.54, 1.807) is 0 Å². The number of aromatic amines is 1. The molecule has 0 saturated heterocycles. The van der Waals surface area contributed by atoms with Crippen LogP contribution in [0, 0.1) is 51.2 Å². The smallest absolute Gasteiger partial charge is 0.322 e. The van der Waals surface area contributed by atoms with E-state index in [0.29, 0.717) is 23.7 Å². The van der Waals surface area contributed by atoms with E-state index in [2.05, 4.69) is 70.6 Å². The van der Waals surface area contributed by atoms with Crippen molar-refractivity contribution < 1.29 is 14.7 Å². The van der Waals surface area contributed by atoms with Gasteiger partial charge in [0.25, 0.3) is 0 Å². The molecule has 0 radical (unpaired) electrons. The number of carbonyl (C=O) groups excluding carboxylic acids is 1. The highest BCUT2D eigenvalue weighted by Crippen LogP contribution is 2.77.